The highest BCUT2D eigenvalue weighted by Crippen LogP contribution is 2.40. The molecular formula is C19H13N3O. The molecule has 2 aromatic heterocycles. The van der Waals surface area contributed by atoms with Gasteiger partial charge in [0.15, 0.2) is 6.10 Å². The highest BCUT2D eigenvalue weighted by atomic mass is 16.5. The molecule has 5 rings (SSSR count). The van der Waals surface area contributed by atoms with Gasteiger partial charge in [0.2, 0.25) is 0 Å². The van der Waals surface area contributed by atoms with Crippen LogP contribution in [-0.4, -0.2) is 14.5 Å². The van der Waals surface area contributed by atoms with E-state index in [1.54, 1.807) is 6.20 Å². The fourth-order valence-electron chi connectivity index (χ4n) is 3.23. The zero-order valence-corrected chi connectivity index (χ0v) is 12.3. The normalized spacial score (nSPS) is 15.4. The van der Waals surface area contributed by atoms with Crippen molar-refractivity contribution in [1.29, 1.82) is 0 Å². The molecule has 3 heterocycles. The average Bonchev–Trinajstić information content (AvgIpc) is 3.18. The molecule has 2 aromatic carbocycles. The van der Waals surface area contributed by atoms with Crippen LogP contribution in [0, 0.1) is 0 Å². The topological polar surface area (TPSA) is 39.9 Å². The second-order valence-electron chi connectivity index (χ2n) is 5.60. The molecule has 4 aromatic rings. The molecular weight excluding hydrogens is 286 g/mol. The van der Waals surface area contributed by atoms with Gasteiger partial charge >= 0.3 is 0 Å². The van der Waals surface area contributed by atoms with Crippen molar-refractivity contribution in [2.24, 2.45) is 0 Å². The van der Waals surface area contributed by atoms with Crippen molar-refractivity contribution in [2.45, 2.75) is 6.10 Å². The lowest BCUT2D eigenvalue weighted by atomic mass is 10.1. The van der Waals surface area contributed by atoms with Gasteiger partial charge in [-0.25, -0.2) is 4.98 Å². The first-order valence-electron chi connectivity index (χ1n) is 7.53. The first-order chi connectivity index (χ1) is 11.4. The minimum absolute atomic E-state index is 0.153. The summed E-state index contributed by atoms with van der Waals surface area (Å²) in [5, 5.41) is 2.14. The number of pyridine rings is 1. The molecule has 1 aliphatic heterocycles. The van der Waals surface area contributed by atoms with Gasteiger partial charge in [-0.15, -0.1) is 0 Å². The van der Waals surface area contributed by atoms with Crippen LogP contribution in [0.3, 0.4) is 0 Å². The lowest BCUT2D eigenvalue weighted by Crippen LogP contribution is -2.06. The first-order valence-corrected chi connectivity index (χ1v) is 7.53. The Morgan fingerprint density at radius 1 is 0.913 bits per heavy atom. The number of aromatic nitrogens is 3. The van der Waals surface area contributed by atoms with E-state index >= 15 is 0 Å². The van der Waals surface area contributed by atoms with Gasteiger partial charge in [0.1, 0.15) is 5.75 Å². The van der Waals surface area contributed by atoms with Gasteiger partial charge in [-0.3, -0.25) is 9.55 Å². The van der Waals surface area contributed by atoms with Crippen LogP contribution in [0.25, 0.3) is 16.5 Å². The third kappa shape index (κ3) is 1.78. The number of fused-ring (bicyclic) bond motifs is 4. The molecule has 4 nitrogen and oxygen atoms in total. The number of hydrogen-bond acceptors (Lipinski definition) is 3. The van der Waals surface area contributed by atoms with E-state index in [9.17, 15) is 0 Å². The molecule has 0 aliphatic carbocycles. The maximum atomic E-state index is 6.40. The lowest BCUT2D eigenvalue weighted by molar-refractivity contribution is 0.251. The Hall–Kier alpha value is -3.14. The predicted molar refractivity (Wildman–Crippen MR) is 87.8 cm³/mol. The Bertz CT molecular complexity index is 1020. The van der Waals surface area contributed by atoms with Crippen LogP contribution in [0.1, 0.15) is 17.4 Å². The van der Waals surface area contributed by atoms with Crippen LogP contribution in [-0.2, 0) is 0 Å². The second kappa shape index (κ2) is 4.68. The number of rotatable bonds is 2. The van der Waals surface area contributed by atoms with Gasteiger partial charge in [0.05, 0.1) is 23.9 Å². The van der Waals surface area contributed by atoms with Crippen molar-refractivity contribution in [2.75, 3.05) is 0 Å². The van der Waals surface area contributed by atoms with E-state index in [2.05, 4.69) is 32.7 Å². The number of imidazole rings is 1. The Balaban J connectivity index is 1.66. The molecule has 0 saturated carbocycles. The van der Waals surface area contributed by atoms with Crippen LogP contribution >= 0.6 is 0 Å². The van der Waals surface area contributed by atoms with Crippen LogP contribution in [0.4, 0.5) is 0 Å². The zero-order valence-electron chi connectivity index (χ0n) is 12.3. The van der Waals surface area contributed by atoms with Gasteiger partial charge < -0.3 is 4.74 Å². The molecule has 1 aliphatic rings. The monoisotopic (exact) mass is 299 g/mol. The van der Waals surface area contributed by atoms with E-state index in [1.165, 1.54) is 0 Å². The Labute approximate surface area is 133 Å². The summed E-state index contributed by atoms with van der Waals surface area (Å²) < 4.78 is 8.49. The van der Waals surface area contributed by atoms with Crippen LogP contribution in [0.2, 0.25) is 0 Å². The fraction of sp³-hybridized carbons (Fsp3) is 0.0526. The number of ether oxygens (including phenoxy) is 1. The highest BCUT2D eigenvalue weighted by Gasteiger charge is 2.30. The number of para-hydroxylation sites is 1. The predicted octanol–water partition coefficient (Wildman–Crippen LogP) is 3.90. The maximum Gasteiger partial charge on any atom is 0.168 e. The minimum Gasteiger partial charge on any atom is -0.479 e. The van der Waals surface area contributed by atoms with E-state index < -0.39 is 0 Å². The molecule has 0 fully saturated rings. The van der Waals surface area contributed by atoms with Gasteiger partial charge in [0.25, 0.3) is 0 Å². The maximum absolute atomic E-state index is 6.40. The Morgan fingerprint density at radius 2 is 1.87 bits per heavy atom. The smallest absolute Gasteiger partial charge is 0.168 e. The van der Waals surface area contributed by atoms with Gasteiger partial charge in [-0.05, 0) is 23.6 Å². The zero-order chi connectivity index (χ0) is 15.2. The number of nitrogens with zero attached hydrogens (tertiary/aromatic N) is 3. The molecule has 0 radical (unpaired) electrons. The Morgan fingerprint density at radius 3 is 2.87 bits per heavy atom. The number of benzene rings is 2. The van der Waals surface area contributed by atoms with Crippen LogP contribution in [0.5, 0.6) is 5.75 Å². The molecule has 110 valence electrons. The lowest BCUT2D eigenvalue weighted by Gasteiger charge is -2.16. The summed E-state index contributed by atoms with van der Waals surface area (Å²) in [4.78, 5) is 8.50. The van der Waals surface area contributed by atoms with Gasteiger partial charge in [-0.1, -0.05) is 30.3 Å². The summed E-state index contributed by atoms with van der Waals surface area (Å²) in [7, 11) is 0. The van der Waals surface area contributed by atoms with Crippen LogP contribution in [0.15, 0.2) is 73.4 Å². The van der Waals surface area contributed by atoms with E-state index in [4.69, 9.17) is 4.74 Å². The summed E-state index contributed by atoms with van der Waals surface area (Å²) in [6, 6.07) is 16.3. The molecule has 0 saturated heterocycles. The third-order valence-corrected chi connectivity index (χ3v) is 4.30. The summed E-state index contributed by atoms with van der Waals surface area (Å²) >= 11 is 0. The summed E-state index contributed by atoms with van der Waals surface area (Å²) in [6.07, 6.45) is 7.20. The molecule has 0 spiro atoms. The van der Waals surface area contributed by atoms with E-state index in [0.29, 0.717) is 0 Å². The SMILES string of the molecule is c1ccc2c(c1)C(Oc1cccc3ccncc13)c1cncn1-2. The molecule has 0 amide bonds. The Kier molecular flexibility index (Phi) is 2.52. The van der Waals surface area contributed by atoms with Crippen molar-refractivity contribution in [3.8, 4) is 11.4 Å². The van der Waals surface area contributed by atoms with Crippen molar-refractivity contribution in [3.63, 3.8) is 0 Å². The van der Waals surface area contributed by atoms with Gasteiger partial charge in [0, 0.05) is 23.3 Å². The molecule has 1 atom stereocenters. The largest absolute Gasteiger partial charge is 0.479 e. The van der Waals surface area contributed by atoms with Crippen molar-refractivity contribution < 1.29 is 4.74 Å². The quantitative estimate of drug-likeness (QED) is 0.563. The summed E-state index contributed by atoms with van der Waals surface area (Å²) in [5.41, 5.74) is 3.33. The molecule has 0 bridgehead atoms. The molecule has 23 heavy (non-hydrogen) atoms. The van der Waals surface area contributed by atoms with Crippen LogP contribution < -0.4 is 4.74 Å². The van der Waals surface area contributed by atoms with E-state index in [0.717, 1.165) is 33.5 Å². The number of hydrogen-bond donors (Lipinski definition) is 0. The fourth-order valence-corrected chi connectivity index (χ4v) is 3.23. The van der Waals surface area contributed by atoms with E-state index in [1.807, 2.05) is 49.1 Å². The summed E-state index contributed by atoms with van der Waals surface area (Å²) in [5.74, 6) is 0.838. The minimum atomic E-state index is -0.153. The van der Waals surface area contributed by atoms with E-state index in [-0.39, 0.29) is 6.10 Å². The van der Waals surface area contributed by atoms with Crippen molar-refractivity contribution in [3.05, 3.63) is 84.7 Å². The molecule has 1 unspecified atom stereocenters. The standard InChI is InChI=1S/C19H13N3O/c1-2-6-16-14(5-1)19(17-11-21-12-22(16)17)23-18-7-3-4-13-8-9-20-10-15(13)18/h1-12,19H. The highest BCUT2D eigenvalue weighted by molar-refractivity contribution is 5.87. The molecule has 4 heteroatoms. The molecule has 0 N–H and O–H groups in total. The summed E-state index contributed by atoms with van der Waals surface area (Å²) in [6.45, 7) is 0. The van der Waals surface area contributed by atoms with Gasteiger partial charge in [-0.2, -0.15) is 0 Å². The second-order valence-corrected chi connectivity index (χ2v) is 5.60. The third-order valence-electron chi connectivity index (χ3n) is 4.30. The first kappa shape index (κ1) is 12.4. The van der Waals surface area contributed by atoms with Crippen molar-refractivity contribution >= 4 is 10.8 Å². The average molecular weight is 299 g/mol. The van der Waals surface area contributed by atoms with Crippen molar-refractivity contribution in [1.82, 2.24) is 14.5 Å².